The van der Waals surface area contributed by atoms with E-state index >= 15 is 0 Å². The zero-order valence-electron chi connectivity index (χ0n) is 19.9. The third-order valence-electron chi connectivity index (χ3n) is 6.73. The molecular weight excluding hydrogens is 440 g/mol. The van der Waals surface area contributed by atoms with E-state index in [1.807, 2.05) is 72.8 Å². The van der Waals surface area contributed by atoms with Crippen LogP contribution in [-0.4, -0.2) is 66.5 Å². The van der Waals surface area contributed by atoms with Gasteiger partial charge in [-0.1, -0.05) is 54.6 Å². The van der Waals surface area contributed by atoms with Crippen LogP contribution < -0.4 is 9.64 Å². The number of amides is 1. The number of para-hydroxylation sites is 2. The molecule has 3 aromatic rings. The molecule has 0 unspecified atom stereocenters. The molecule has 180 valence electrons. The predicted octanol–water partition coefficient (Wildman–Crippen LogP) is 3.90. The van der Waals surface area contributed by atoms with Crippen molar-refractivity contribution in [2.24, 2.45) is 5.10 Å². The molecule has 35 heavy (non-hydrogen) atoms. The van der Waals surface area contributed by atoms with E-state index in [1.54, 1.807) is 18.2 Å². The van der Waals surface area contributed by atoms with Crippen molar-refractivity contribution in [3.63, 3.8) is 0 Å². The summed E-state index contributed by atoms with van der Waals surface area (Å²) in [5.41, 5.74) is 3.84. The summed E-state index contributed by atoms with van der Waals surface area (Å²) in [4.78, 5) is 17.8. The first-order chi connectivity index (χ1) is 17.1. The fourth-order valence-electron chi connectivity index (χ4n) is 4.77. The minimum Gasteiger partial charge on any atom is -0.506 e. The lowest BCUT2D eigenvalue weighted by Crippen LogP contribution is -2.49. The first kappa shape index (κ1) is 22.9. The summed E-state index contributed by atoms with van der Waals surface area (Å²) in [5.74, 6) is 1.07. The highest BCUT2D eigenvalue weighted by Crippen LogP contribution is 2.34. The average Bonchev–Trinajstić information content (AvgIpc) is 3.36. The van der Waals surface area contributed by atoms with Crippen LogP contribution in [0.4, 0.5) is 5.69 Å². The van der Waals surface area contributed by atoms with Gasteiger partial charge in [-0.25, -0.2) is 5.01 Å². The molecule has 3 aromatic carbocycles. The summed E-state index contributed by atoms with van der Waals surface area (Å²) in [5, 5.41) is 16.6. The van der Waals surface area contributed by atoms with Crippen molar-refractivity contribution in [1.29, 1.82) is 0 Å². The average molecular weight is 471 g/mol. The topological polar surface area (TPSA) is 68.6 Å². The van der Waals surface area contributed by atoms with E-state index in [0.29, 0.717) is 18.7 Å². The largest absolute Gasteiger partial charge is 0.506 e. The van der Waals surface area contributed by atoms with Gasteiger partial charge in [0.15, 0.2) is 0 Å². The quantitative estimate of drug-likeness (QED) is 0.592. The maximum atomic E-state index is 13.5. The molecule has 1 atom stereocenters. The summed E-state index contributed by atoms with van der Waals surface area (Å²) >= 11 is 0. The molecular formula is C28H30N4O3. The second-order valence-corrected chi connectivity index (χ2v) is 8.90. The highest BCUT2D eigenvalue weighted by molar-refractivity contribution is 6.03. The molecule has 1 amide bonds. The van der Waals surface area contributed by atoms with Crippen LogP contribution in [-0.2, 0) is 4.79 Å². The van der Waals surface area contributed by atoms with Gasteiger partial charge in [0, 0.05) is 32.6 Å². The number of ether oxygens (including phenoxy) is 1. The first-order valence-corrected chi connectivity index (χ1v) is 12.0. The standard InChI is InChI=1S/C28H30N4O3/c1-35-23-13-11-22(12-14-23)26-19-24(21-7-3-2-4-8-21)29-32(26)28(34)20-30-15-17-31(18-16-30)25-9-5-6-10-27(25)33/h2-14,26,33H,15-20H2,1H3/t26-/m0/s1. The highest BCUT2D eigenvalue weighted by Gasteiger charge is 2.34. The number of benzene rings is 3. The number of phenols is 1. The zero-order valence-corrected chi connectivity index (χ0v) is 19.9. The summed E-state index contributed by atoms with van der Waals surface area (Å²) in [6, 6.07) is 25.2. The monoisotopic (exact) mass is 470 g/mol. The van der Waals surface area contributed by atoms with E-state index in [1.165, 1.54) is 0 Å². The number of anilines is 1. The Labute approximate surface area is 205 Å². The summed E-state index contributed by atoms with van der Waals surface area (Å²) in [7, 11) is 1.65. The Bertz CT molecular complexity index is 1190. The van der Waals surface area contributed by atoms with Crippen LogP contribution >= 0.6 is 0 Å². The zero-order chi connectivity index (χ0) is 24.2. The molecule has 5 rings (SSSR count). The van der Waals surface area contributed by atoms with Gasteiger partial charge in [-0.2, -0.15) is 5.10 Å². The number of methoxy groups -OCH3 is 1. The molecule has 0 bridgehead atoms. The van der Waals surface area contributed by atoms with E-state index in [-0.39, 0.29) is 11.9 Å². The number of aromatic hydroxyl groups is 1. The van der Waals surface area contributed by atoms with E-state index in [0.717, 1.165) is 54.5 Å². The Morgan fingerprint density at radius 1 is 0.943 bits per heavy atom. The molecule has 2 aliphatic rings. The molecule has 0 aliphatic carbocycles. The molecule has 0 aromatic heterocycles. The van der Waals surface area contributed by atoms with Crippen molar-refractivity contribution in [3.8, 4) is 11.5 Å². The van der Waals surface area contributed by atoms with Crippen LogP contribution in [0.1, 0.15) is 23.6 Å². The van der Waals surface area contributed by atoms with Gasteiger partial charge in [0.1, 0.15) is 11.5 Å². The van der Waals surface area contributed by atoms with E-state index in [2.05, 4.69) is 9.80 Å². The molecule has 0 spiro atoms. The van der Waals surface area contributed by atoms with Crippen molar-refractivity contribution in [3.05, 3.63) is 90.0 Å². The first-order valence-electron chi connectivity index (χ1n) is 12.0. The lowest BCUT2D eigenvalue weighted by atomic mass is 9.98. The van der Waals surface area contributed by atoms with Gasteiger partial charge in [0.25, 0.3) is 5.91 Å². The molecule has 2 heterocycles. The van der Waals surface area contributed by atoms with Crippen molar-refractivity contribution >= 4 is 17.3 Å². The lowest BCUT2D eigenvalue weighted by molar-refractivity contribution is -0.134. The number of phenolic OH excluding ortho intramolecular Hbond substituents is 1. The van der Waals surface area contributed by atoms with Crippen molar-refractivity contribution in [2.75, 3.05) is 44.7 Å². The van der Waals surface area contributed by atoms with Gasteiger partial charge in [0.05, 0.1) is 31.1 Å². The van der Waals surface area contributed by atoms with Crippen LogP contribution in [0.25, 0.3) is 0 Å². The van der Waals surface area contributed by atoms with Crippen LogP contribution in [0.15, 0.2) is 84.0 Å². The number of rotatable bonds is 6. The second-order valence-electron chi connectivity index (χ2n) is 8.90. The fraction of sp³-hybridized carbons (Fsp3) is 0.286. The number of carbonyl (C=O) groups excluding carboxylic acids is 1. The Morgan fingerprint density at radius 3 is 2.31 bits per heavy atom. The van der Waals surface area contributed by atoms with Gasteiger partial charge in [-0.05, 0) is 35.4 Å². The second kappa shape index (κ2) is 10.2. The predicted molar refractivity (Wildman–Crippen MR) is 137 cm³/mol. The van der Waals surface area contributed by atoms with Crippen molar-refractivity contribution in [1.82, 2.24) is 9.91 Å². The minimum atomic E-state index is -0.147. The van der Waals surface area contributed by atoms with Crippen LogP contribution in [0, 0.1) is 0 Å². The van der Waals surface area contributed by atoms with Crippen LogP contribution in [0.5, 0.6) is 11.5 Å². The number of piperazine rings is 1. The molecule has 1 saturated heterocycles. The van der Waals surface area contributed by atoms with Gasteiger partial charge < -0.3 is 14.7 Å². The van der Waals surface area contributed by atoms with Gasteiger partial charge in [-0.3, -0.25) is 9.69 Å². The van der Waals surface area contributed by atoms with E-state index in [4.69, 9.17) is 9.84 Å². The Kier molecular flexibility index (Phi) is 6.68. The normalized spacial score (nSPS) is 18.4. The summed E-state index contributed by atoms with van der Waals surface area (Å²) in [6.45, 7) is 3.32. The Balaban J connectivity index is 1.30. The number of hydrazone groups is 1. The fourth-order valence-corrected chi connectivity index (χ4v) is 4.77. The number of hydrogen-bond acceptors (Lipinski definition) is 6. The lowest BCUT2D eigenvalue weighted by Gasteiger charge is -2.36. The van der Waals surface area contributed by atoms with Crippen LogP contribution in [0.2, 0.25) is 0 Å². The number of carbonyl (C=O) groups is 1. The third kappa shape index (κ3) is 5.00. The van der Waals surface area contributed by atoms with Crippen LogP contribution in [0.3, 0.4) is 0 Å². The summed E-state index contributed by atoms with van der Waals surface area (Å²) in [6.07, 6.45) is 0.670. The Morgan fingerprint density at radius 2 is 1.63 bits per heavy atom. The van der Waals surface area contributed by atoms with Gasteiger partial charge in [-0.15, -0.1) is 0 Å². The summed E-state index contributed by atoms with van der Waals surface area (Å²) < 4.78 is 5.31. The number of hydrogen-bond donors (Lipinski definition) is 1. The smallest absolute Gasteiger partial charge is 0.257 e. The highest BCUT2D eigenvalue weighted by atomic mass is 16.5. The molecule has 1 N–H and O–H groups in total. The maximum absolute atomic E-state index is 13.5. The maximum Gasteiger partial charge on any atom is 0.257 e. The number of nitrogens with zero attached hydrogens (tertiary/aromatic N) is 4. The van der Waals surface area contributed by atoms with Crippen molar-refractivity contribution < 1.29 is 14.6 Å². The minimum absolute atomic E-state index is 0.00671. The SMILES string of the molecule is COc1ccc([C@@H]2CC(c3ccccc3)=NN2C(=O)CN2CCN(c3ccccc3O)CC2)cc1. The van der Waals surface area contributed by atoms with Crippen molar-refractivity contribution in [2.45, 2.75) is 12.5 Å². The van der Waals surface area contributed by atoms with Gasteiger partial charge >= 0.3 is 0 Å². The third-order valence-corrected chi connectivity index (χ3v) is 6.73. The molecule has 2 aliphatic heterocycles. The molecule has 7 nitrogen and oxygen atoms in total. The molecule has 1 fully saturated rings. The van der Waals surface area contributed by atoms with E-state index in [9.17, 15) is 9.90 Å². The van der Waals surface area contributed by atoms with E-state index < -0.39 is 0 Å². The van der Waals surface area contributed by atoms with Gasteiger partial charge in [0.2, 0.25) is 0 Å². The molecule has 0 radical (unpaired) electrons. The molecule has 0 saturated carbocycles. The molecule has 7 heteroatoms. The Hall–Kier alpha value is -3.84.